The summed E-state index contributed by atoms with van der Waals surface area (Å²) in [5, 5.41) is 12.2. The van der Waals surface area contributed by atoms with E-state index in [4.69, 9.17) is 9.63 Å². The zero-order valence-corrected chi connectivity index (χ0v) is 8.14. The fourth-order valence-corrected chi connectivity index (χ4v) is 1.19. The number of aromatic nitrogens is 1. The topological polar surface area (TPSA) is 66.6 Å². The molecule has 0 saturated carbocycles. The molecule has 0 spiro atoms. The molecular formula is C9H14N2O3. The van der Waals surface area contributed by atoms with Crippen LogP contribution >= 0.6 is 0 Å². The van der Waals surface area contributed by atoms with Gasteiger partial charge < -0.3 is 14.5 Å². The molecule has 1 N–H and O–H groups in total. The lowest BCUT2D eigenvalue weighted by Gasteiger charge is -2.18. The molecule has 0 aliphatic carbocycles. The molecule has 0 radical (unpaired) electrons. The van der Waals surface area contributed by atoms with Gasteiger partial charge in [0.25, 0.3) is 5.91 Å². The molecule has 78 valence electrons. The first-order valence-corrected chi connectivity index (χ1v) is 4.60. The van der Waals surface area contributed by atoms with Crippen LogP contribution < -0.4 is 0 Å². The van der Waals surface area contributed by atoms with Crippen LogP contribution in [0.2, 0.25) is 0 Å². The average molecular weight is 198 g/mol. The lowest BCUT2D eigenvalue weighted by Crippen LogP contribution is -2.33. The Labute approximate surface area is 82.3 Å². The van der Waals surface area contributed by atoms with E-state index in [1.54, 1.807) is 4.90 Å². The highest BCUT2D eigenvalue weighted by atomic mass is 16.5. The van der Waals surface area contributed by atoms with Gasteiger partial charge in [0.1, 0.15) is 0 Å². The Balaban J connectivity index is 2.63. The Bertz CT molecular complexity index is 266. The van der Waals surface area contributed by atoms with Crippen LogP contribution in [0.3, 0.4) is 0 Å². The molecule has 0 unspecified atom stereocenters. The number of aliphatic hydroxyl groups is 1. The van der Waals surface area contributed by atoms with E-state index >= 15 is 0 Å². The van der Waals surface area contributed by atoms with Crippen molar-refractivity contribution in [2.24, 2.45) is 0 Å². The molecule has 0 bridgehead atoms. The number of carbonyl (C=O) groups excluding carboxylic acids is 1. The van der Waals surface area contributed by atoms with Crippen molar-refractivity contribution in [2.45, 2.75) is 13.3 Å². The Hall–Kier alpha value is -1.36. The Kier molecular flexibility index (Phi) is 4.12. The van der Waals surface area contributed by atoms with Gasteiger partial charge in [0.15, 0.2) is 0 Å². The standard InChI is InChI=1S/C9H14N2O3/c1-2-5-11(6-7-12)9(13)8-3-4-10-14-8/h3-4,12H,2,5-7H2,1H3. The van der Waals surface area contributed by atoms with Crippen LogP contribution in [0.4, 0.5) is 0 Å². The summed E-state index contributed by atoms with van der Waals surface area (Å²) in [6, 6.07) is 1.52. The van der Waals surface area contributed by atoms with Gasteiger partial charge >= 0.3 is 0 Å². The van der Waals surface area contributed by atoms with Crippen molar-refractivity contribution in [3.8, 4) is 0 Å². The third-order valence-electron chi connectivity index (χ3n) is 1.80. The highest BCUT2D eigenvalue weighted by Crippen LogP contribution is 2.03. The first kappa shape index (κ1) is 10.7. The largest absolute Gasteiger partial charge is 0.395 e. The Morgan fingerprint density at radius 2 is 2.43 bits per heavy atom. The smallest absolute Gasteiger partial charge is 0.292 e. The molecule has 1 rings (SSSR count). The van der Waals surface area contributed by atoms with Gasteiger partial charge in [-0.05, 0) is 6.42 Å². The van der Waals surface area contributed by atoms with Crippen molar-refractivity contribution in [1.82, 2.24) is 10.1 Å². The number of carbonyl (C=O) groups is 1. The van der Waals surface area contributed by atoms with Crippen LogP contribution in [-0.2, 0) is 0 Å². The van der Waals surface area contributed by atoms with Crippen LogP contribution in [0.15, 0.2) is 16.8 Å². The first-order chi connectivity index (χ1) is 6.79. The third-order valence-corrected chi connectivity index (χ3v) is 1.80. The van der Waals surface area contributed by atoms with E-state index in [1.165, 1.54) is 12.3 Å². The lowest BCUT2D eigenvalue weighted by molar-refractivity contribution is 0.0680. The third kappa shape index (κ3) is 2.56. The van der Waals surface area contributed by atoms with E-state index in [9.17, 15) is 4.79 Å². The van der Waals surface area contributed by atoms with Crippen molar-refractivity contribution in [3.63, 3.8) is 0 Å². The number of rotatable bonds is 5. The molecule has 0 aliphatic heterocycles. The van der Waals surface area contributed by atoms with Crippen LogP contribution in [-0.4, -0.2) is 40.8 Å². The molecule has 1 aromatic heterocycles. The van der Waals surface area contributed by atoms with Gasteiger partial charge in [0, 0.05) is 19.2 Å². The van der Waals surface area contributed by atoms with Gasteiger partial charge in [-0.3, -0.25) is 4.79 Å². The predicted octanol–water partition coefficient (Wildman–Crippen LogP) is 0.519. The molecule has 1 amide bonds. The number of hydrogen-bond donors (Lipinski definition) is 1. The van der Waals surface area contributed by atoms with Gasteiger partial charge in [-0.25, -0.2) is 0 Å². The number of amides is 1. The van der Waals surface area contributed by atoms with Crippen LogP contribution in [0.25, 0.3) is 0 Å². The molecule has 5 nitrogen and oxygen atoms in total. The SMILES string of the molecule is CCCN(CCO)C(=O)c1ccno1. The molecule has 0 atom stereocenters. The monoisotopic (exact) mass is 198 g/mol. The zero-order chi connectivity index (χ0) is 10.4. The molecule has 1 aromatic rings. The van der Waals surface area contributed by atoms with Gasteiger partial charge in [-0.15, -0.1) is 0 Å². The van der Waals surface area contributed by atoms with E-state index in [1.807, 2.05) is 6.92 Å². The van der Waals surface area contributed by atoms with E-state index in [0.717, 1.165) is 6.42 Å². The van der Waals surface area contributed by atoms with Crippen molar-refractivity contribution < 1.29 is 14.4 Å². The van der Waals surface area contributed by atoms with Crippen molar-refractivity contribution >= 4 is 5.91 Å². The minimum absolute atomic E-state index is 0.0418. The minimum atomic E-state index is -0.224. The summed E-state index contributed by atoms with van der Waals surface area (Å²) in [6.45, 7) is 2.87. The predicted molar refractivity (Wildman–Crippen MR) is 49.8 cm³/mol. The molecule has 0 fully saturated rings. The second-order valence-corrected chi connectivity index (χ2v) is 2.89. The fraction of sp³-hybridized carbons (Fsp3) is 0.556. The minimum Gasteiger partial charge on any atom is -0.395 e. The quantitative estimate of drug-likeness (QED) is 0.749. The zero-order valence-electron chi connectivity index (χ0n) is 8.14. The summed E-state index contributed by atoms with van der Waals surface area (Å²) >= 11 is 0. The Morgan fingerprint density at radius 1 is 1.64 bits per heavy atom. The normalized spacial score (nSPS) is 10.1. The van der Waals surface area contributed by atoms with Gasteiger partial charge in [-0.1, -0.05) is 12.1 Å². The molecule has 5 heteroatoms. The average Bonchev–Trinajstić information content (AvgIpc) is 2.69. The number of aliphatic hydroxyl groups excluding tert-OH is 1. The van der Waals surface area contributed by atoms with Gasteiger partial charge in [0.05, 0.1) is 12.8 Å². The van der Waals surface area contributed by atoms with Gasteiger partial charge in [0.2, 0.25) is 5.76 Å². The first-order valence-electron chi connectivity index (χ1n) is 4.60. The maximum Gasteiger partial charge on any atom is 0.292 e. The van der Waals surface area contributed by atoms with Crippen LogP contribution in [0.5, 0.6) is 0 Å². The lowest BCUT2D eigenvalue weighted by atomic mass is 10.3. The van der Waals surface area contributed by atoms with E-state index < -0.39 is 0 Å². The second-order valence-electron chi connectivity index (χ2n) is 2.89. The van der Waals surface area contributed by atoms with Crippen LogP contribution in [0, 0.1) is 0 Å². The molecule has 14 heavy (non-hydrogen) atoms. The molecule has 1 heterocycles. The molecule has 0 aromatic carbocycles. The highest BCUT2D eigenvalue weighted by Gasteiger charge is 2.17. The van der Waals surface area contributed by atoms with Crippen molar-refractivity contribution in [1.29, 1.82) is 0 Å². The summed E-state index contributed by atoms with van der Waals surface area (Å²) in [5.41, 5.74) is 0. The summed E-state index contributed by atoms with van der Waals surface area (Å²) in [7, 11) is 0. The second kappa shape index (κ2) is 5.39. The summed E-state index contributed by atoms with van der Waals surface area (Å²) < 4.78 is 4.75. The number of nitrogens with zero attached hydrogens (tertiary/aromatic N) is 2. The molecule has 0 aliphatic rings. The summed E-state index contributed by atoms with van der Waals surface area (Å²) in [6.07, 6.45) is 2.27. The van der Waals surface area contributed by atoms with Crippen molar-refractivity contribution in [2.75, 3.05) is 19.7 Å². The van der Waals surface area contributed by atoms with Crippen molar-refractivity contribution in [3.05, 3.63) is 18.0 Å². The van der Waals surface area contributed by atoms with E-state index in [0.29, 0.717) is 13.1 Å². The van der Waals surface area contributed by atoms with Gasteiger partial charge in [-0.2, -0.15) is 0 Å². The summed E-state index contributed by atoms with van der Waals surface area (Å²) in [4.78, 5) is 13.2. The molecule has 0 saturated heterocycles. The maximum absolute atomic E-state index is 11.7. The van der Waals surface area contributed by atoms with E-state index in [-0.39, 0.29) is 18.3 Å². The van der Waals surface area contributed by atoms with Crippen LogP contribution in [0.1, 0.15) is 23.9 Å². The highest BCUT2D eigenvalue weighted by molar-refractivity contribution is 5.91. The summed E-state index contributed by atoms with van der Waals surface area (Å²) in [5.74, 6) is -0.00898. The van der Waals surface area contributed by atoms with E-state index in [2.05, 4.69) is 5.16 Å². The maximum atomic E-state index is 11.7. The number of hydrogen-bond acceptors (Lipinski definition) is 4. The fourth-order valence-electron chi connectivity index (χ4n) is 1.19. The Morgan fingerprint density at radius 3 is 2.93 bits per heavy atom. The molecular weight excluding hydrogens is 184 g/mol.